The third-order valence-corrected chi connectivity index (χ3v) is 2.96. The summed E-state index contributed by atoms with van der Waals surface area (Å²) in [6, 6.07) is 0.587. The van der Waals surface area contributed by atoms with E-state index in [-0.39, 0.29) is 6.10 Å². The van der Waals surface area contributed by atoms with Crippen molar-refractivity contribution in [2.45, 2.75) is 31.9 Å². The average molecular weight is 209 g/mol. The van der Waals surface area contributed by atoms with E-state index in [0.29, 0.717) is 6.04 Å². The molecule has 84 valence electrons. The quantitative estimate of drug-likeness (QED) is 0.814. The molecule has 2 heterocycles. The Balaban J connectivity index is 2.01. The van der Waals surface area contributed by atoms with Crippen molar-refractivity contribution in [1.82, 2.24) is 14.9 Å². The second-order valence-corrected chi connectivity index (χ2v) is 4.07. The first-order valence-electron chi connectivity index (χ1n) is 5.62. The molecule has 2 rings (SSSR count). The van der Waals surface area contributed by atoms with Gasteiger partial charge in [0.25, 0.3) is 0 Å². The van der Waals surface area contributed by atoms with Gasteiger partial charge in [0.2, 0.25) is 0 Å². The fourth-order valence-electron chi connectivity index (χ4n) is 2.15. The minimum atomic E-state index is 0.204. The molecule has 1 aromatic rings. The van der Waals surface area contributed by atoms with E-state index in [9.17, 15) is 0 Å². The maximum absolute atomic E-state index is 5.78. The molecule has 1 saturated heterocycles. The van der Waals surface area contributed by atoms with Crippen molar-refractivity contribution in [1.29, 1.82) is 0 Å². The first-order chi connectivity index (χ1) is 7.31. The summed E-state index contributed by atoms with van der Waals surface area (Å²) >= 11 is 0. The Hall–Kier alpha value is -0.870. The molecular formula is C11H19N3O. The molecular weight excluding hydrogens is 190 g/mol. The smallest absolute Gasteiger partial charge is 0.100 e. The normalized spacial score (nSPS) is 26.8. The van der Waals surface area contributed by atoms with Gasteiger partial charge < -0.3 is 14.6 Å². The first kappa shape index (κ1) is 10.6. The Labute approximate surface area is 90.6 Å². The Morgan fingerprint density at radius 2 is 2.53 bits per heavy atom. The SMILES string of the molecule is CCNC1CCOC(c2cncn2C)C1. The fraction of sp³-hybridized carbons (Fsp3) is 0.727. The molecule has 1 aliphatic heterocycles. The summed E-state index contributed by atoms with van der Waals surface area (Å²) in [7, 11) is 2.02. The fourth-order valence-corrected chi connectivity index (χ4v) is 2.15. The van der Waals surface area contributed by atoms with Crippen molar-refractivity contribution in [3.63, 3.8) is 0 Å². The molecule has 0 spiro atoms. The van der Waals surface area contributed by atoms with E-state index in [1.54, 1.807) is 0 Å². The number of imidazole rings is 1. The van der Waals surface area contributed by atoms with Crippen LogP contribution in [0.2, 0.25) is 0 Å². The highest BCUT2D eigenvalue weighted by Gasteiger charge is 2.24. The van der Waals surface area contributed by atoms with Crippen molar-refractivity contribution in [3.8, 4) is 0 Å². The number of ether oxygens (including phenoxy) is 1. The average Bonchev–Trinajstić information content (AvgIpc) is 2.65. The summed E-state index contributed by atoms with van der Waals surface area (Å²) in [4.78, 5) is 4.13. The highest BCUT2D eigenvalue weighted by Crippen LogP contribution is 2.27. The van der Waals surface area contributed by atoms with E-state index in [4.69, 9.17) is 4.74 Å². The van der Waals surface area contributed by atoms with Gasteiger partial charge in [-0.15, -0.1) is 0 Å². The minimum Gasteiger partial charge on any atom is -0.372 e. The first-order valence-corrected chi connectivity index (χ1v) is 5.62. The number of rotatable bonds is 3. The van der Waals surface area contributed by atoms with Gasteiger partial charge >= 0.3 is 0 Å². The predicted octanol–water partition coefficient (Wildman–Crippen LogP) is 1.25. The predicted molar refractivity (Wildman–Crippen MR) is 58.6 cm³/mol. The second kappa shape index (κ2) is 4.77. The molecule has 1 N–H and O–H groups in total. The summed E-state index contributed by atoms with van der Waals surface area (Å²) in [5.74, 6) is 0. The zero-order valence-corrected chi connectivity index (χ0v) is 9.44. The molecule has 4 nitrogen and oxygen atoms in total. The van der Waals surface area contributed by atoms with E-state index in [1.807, 2.05) is 24.1 Å². The van der Waals surface area contributed by atoms with Crippen LogP contribution in [0.5, 0.6) is 0 Å². The van der Waals surface area contributed by atoms with Crippen LogP contribution < -0.4 is 5.32 Å². The van der Waals surface area contributed by atoms with Gasteiger partial charge in [0.15, 0.2) is 0 Å². The zero-order valence-electron chi connectivity index (χ0n) is 9.44. The molecule has 4 heteroatoms. The maximum Gasteiger partial charge on any atom is 0.100 e. The van der Waals surface area contributed by atoms with Crippen molar-refractivity contribution in [2.75, 3.05) is 13.2 Å². The van der Waals surface area contributed by atoms with Crippen LogP contribution in [0, 0.1) is 0 Å². The Kier molecular flexibility index (Phi) is 3.38. The third-order valence-electron chi connectivity index (χ3n) is 2.96. The molecule has 1 aliphatic rings. The van der Waals surface area contributed by atoms with Gasteiger partial charge in [0.05, 0.1) is 18.2 Å². The molecule has 0 aromatic carbocycles. The van der Waals surface area contributed by atoms with Gasteiger partial charge in [0, 0.05) is 19.7 Å². The van der Waals surface area contributed by atoms with Crippen LogP contribution in [0.15, 0.2) is 12.5 Å². The number of aromatic nitrogens is 2. The number of hydrogen-bond donors (Lipinski definition) is 1. The monoisotopic (exact) mass is 209 g/mol. The van der Waals surface area contributed by atoms with E-state index >= 15 is 0 Å². The van der Waals surface area contributed by atoms with Crippen molar-refractivity contribution >= 4 is 0 Å². The lowest BCUT2D eigenvalue weighted by Gasteiger charge is -2.30. The number of aryl methyl sites for hydroxylation is 1. The van der Waals surface area contributed by atoms with Crippen LogP contribution in [0.4, 0.5) is 0 Å². The van der Waals surface area contributed by atoms with Crippen LogP contribution in [-0.4, -0.2) is 28.7 Å². The molecule has 0 bridgehead atoms. The summed E-state index contributed by atoms with van der Waals surface area (Å²) in [5.41, 5.74) is 1.18. The lowest BCUT2D eigenvalue weighted by atomic mass is 10.0. The van der Waals surface area contributed by atoms with Gasteiger partial charge in [-0.1, -0.05) is 6.92 Å². The van der Waals surface area contributed by atoms with E-state index in [1.165, 1.54) is 5.69 Å². The molecule has 2 unspecified atom stereocenters. The van der Waals surface area contributed by atoms with Gasteiger partial charge in [-0.05, 0) is 19.4 Å². The summed E-state index contributed by atoms with van der Waals surface area (Å²) < 4.78 is 7.82. The molecule has 1 fully saturated rings. The standard InChI is InChI=1S/C11H19N3O/c1-3-13-9-4-5-15-11(6-9)10-7-12-8-14(10)2/h7-9,11,13H,3-6H2,1-2H3. The van der Waals surface area contributed by atoms with Crippen LogP contribution in [0.3, 0.4) is 0 Å². The molecule has 1 aromatic heterocycles. The largest absolute Gasteiger partial charge is 0.372 e. The topological polar surface area (TPSA) is 39.1 Å². The van der Waals surface area contributed by atoms with Crippen molar-refractivity contribution < 1.29 is 4.74 Å². The lowest BCUT2D eigenvalue weighted by Crippen LogP contribution is -2.36. The van der Waals surface area contributed by atoms with E-state index in [2.05, 4.69) is 17.2 Å². The molecule has 0 aliphatic carbocycles. The Morgan fingerprint density at radius 3 is 3.20 bits per heavy atom. The van der Waals surface area contributed by atoms with Gasteiger partial charge in [-0.3, -0.25) is 0 Å². The van der Waals surface area contributed by atoms with E-state index < -0.39 is 0 Å². The van der Waals surface area contributed by atoms with Gasteiger partial charge in [-0.2, -0.15) is 0 Å². The molecule has 0 radical (unpaired) electrons. The molecule has 2 atom stereocenters. The van der Waals surface area contributed by atoms with Crippen molar-refractivity contribution in [2.24, 2.45) is 7.05 Å². The Bertz CT molecular complexity index is 309. The maximum atomic E-state index is 5.78. The van der Waals surface area contributed by atoms with Crippen LogP contribution >= 0.6 is 0 Å². The van der Waals surface area contributed by atoms with Crippen molar-refractivity contribution in [3.05, 3.63) is 18.2 Å². The summed E-state index contributed by atoms with van der Waals surface area (Å²) in [6.45, 7) is 4.02. The molecule has 15 heavy (non-hydrogen) atoms. The van der Waals surface area contributed by atoms with Gasteiger partial charge in [0.1, 0.15) is 6.10 Å². The minimum absolute atomic E-state index is 0.204. The number of nitrogens with one attached hydrogen (secondary N) is 1. The molecule has 0 saturated carbocycles. The number of nitrogens with zero attached hydrogens (tertiary/aromatic N) is 2. The van der Waals surface area contributed by atoms with Crippen LogP contribution in [0.25, 0.3) is 0 Å². The van der Waals surface area contributed by atoms with Gasteiger partial charge in [-0.25, -0.2) is 4.98 Å². The highest BCUT2D eigenvalue weighted by molar-refractivity contribution is 5.04. The summed E-state index contributed by atoms with van der Waals surface area (Å²) in [5, 5.41) is 3.49. The van der Waals surface area contributed by atoms with Crippen LogP contribution in [-0.2, 0) is 11.8 Å². The lowest BCUT2D eigenvalue weighted by molar-refractivity contribution is -0.00342. The molecule has 0 amide bonds. The highest BCUT2D eigenvalue weighted by atomic mass is 16.5. The van der Waals surface area contributed by atoms with E-state index in [0.717, 1.165) is 26.0 Å². The second-order valence-electron chi connectivity index (χ2n) is 4.07. The number of hydrogen-bond acceptors (Lipinski definition) is 3. The third kappa shape index (κ3) is 2.38. The Morgan fingerprint density at radius 1 is 1.67 bits per heavy atom. The zero-order chi connectivity index (χ0) is 10.7. The summed E-state index contributed by atoms with van der Waals surface area (Å²) in [6.07, 6.45) is 6.10. The van der Waals surface area contributed by atoms with Crippen LogP contribution in [0.1, 0.15) is 31.6 Å².